The van der Waals surface area contributed by atoms with E-state index in [1.807, 2.05) is 13.0 Å². The van der Waals surface area contributed by atoms with Crippen molar-refractivity contribution in [1.82, 2.24) is 5.48 Å². The highest BCUT2D eigenvalue weighted by Gasteiger charge is 2.09. The van der Waals surface area contributed by atoms with Crippen LogP contribution in [0.1, 0.15) is 21.5 Å². The number of carbonyl (C=O) groups excluding carboxylic acids is 1. The predicted molar refractivity (Wildman–Crippen MR) is 54.8 cm³/mol. The number of carbonyl (C=O) groups is 2. The summed E-state index contributed by atoms with van der Waals surface area (Å²) in [7, 11) is 0. The first kappa shape index (κ1) is 11.7. The molecule has 0 unspecified atom stereocenters. The molecule has 0 aliphatic rings. The predicted octanol–water partition coefficient (Wildman–Crippen LogP) is 1.06. The van der Waals surface area contributed by atoms with Gasteiger partial charge in [0.2, 0.25) is 0 Å². The van der Waals surface area contributed by atoms with Crippen molar-refractivity contribution in [1.29, 1.82) is 0 Å². The van der Waals surface area contributed by atoms with Gasteiger partial charge >= 0.3 is 5.97 Å². The molecular formula is C9H11NO4S. The van der Waals surface area contributed by atoms with Crippen molar-refractivity contribution >= 4 is 23.2 Å². The Hall–Kier alpha value is -1.40. The van der Waals surface area contributed by atoms with E-state index in [4.69, 9.17) is 5.11 Å². The fraction of sp³-hybridized carbons (Fsp3) is 0.333. The summed E-state index contributed by atoms with van der Waals surface area (Å²) in [6.07, 6.45) is 0.869. The van der Waals surface area contributed by atoms with Gasteiger partial charge in [0.25, 0.3) is 5.91 Å². The molecule has 15 heavy (non-hydrogen) atoms. The minimum Gasteiger partial charge on any atom is -0.479 e. The number of aliphatic carboxylic acids is 1. The molecule has 0 spiro atoms. The summed E-state index contributed by atoms with van der Waals surface area (Å²) in [5.41, 5.74) is 2.06. The molecule has 0 fully saturated rings. The first-order valence-corrected chi connectivity index (χ1v) is 5.17. The van der Waals surface area contributed by atoms with Crippen LogP contribution in [0.3, 0.4) is 0 Å². The molecule has 0 radical (unpaired) electrons. The Labute approximate surface area is 90.6 Å². The molecule has 0 saturated heterocycles. The number of rotatable bonds is 5. The molecule has 1 aromatic heterocycles. The van der Waals surface area contributed by atoms with E-state index in [-0.39, 0.29) is 0 Å². The fourth-order valence-electron chi connectivity index (χ4n) is 0.904. The van der Waals surface area contributed by atoms with Crippen LogP contribution in [-0.4, -0.2) is 23.6 Å². The average molecular weight is 229 g/mol. The largest absolute Gasteiger partial charge is 0.479 e. The minimum atomic E-state index is -1.13. The second kappa shape index (κ2) is 5.47. The van der Waals surface area contributed by atoms with Gasteiger partial charge in [0.15, 0.2) is 6.61 Å². The van der Waals surface area contributed by atoms with E-state index in [0.717, 1.165) is 11.3 Å². The molecule has 2 N–H and O–H groups in total. The van der Waals surface area contributed by atoms with Gasteiger partial charge in [-0.15, -0.1) is 11.3 Å². The van der Waals surface area contributed by atoms with Crippen LogP contribution in [0, 0.1) is 0 Å². The van der Waals surface area contributed by atoms with E-state index in [2.05, 4.69) is 10.3 Å². The lowest BCUT2D eigenvalue weighted by atomic mass is 10.3. The zero-order valence-electron chi connectivity index (χ0n) is 8.15. The fourth-order valence-corrected chi connectivity index (χ4v) is 1.74. The number of thiophene rings is 1. The van der Waals surface area contributed by atoms with Crippen molar-refractivity contribution in [2.24, 2.45) is 0 Å². The first-order valence-electron chi connectivity index (χ1n) is 4.36. The number of nitrogens with one attached hydrogen (secondary N) is 1. The zero-order chi connectivity index (χ0) is 11.3. The van der Waals surface area contributed by atoms with Gasteiger partial charge in [0.05, 0.1) is 4.88 Å². The third-order valence-corrected chi connectivity index (χ3v) is 2.82. The monoisotopic (exact) mass is 229 g/mol. The van der Waals surface area contributed by atoms with Crippen molar-refractivity contribution in [2.75, 3.05) is 6.61 Å². The van der Waals surface area contributed by atoms with Crippen LogP contribution < -0.4 is 5.48 Å². The Bertz CT molecular complexity index is 361. The van der Waals surface area contributed by atoms with Gasteiger partial charge < -0.3 is 5.11 Å². The molecule has 0 aromatic carbocycles. The number of carboxylic acid groups (broad SMARTS) is 1. The van der Waals surface area contributed by atoms with E-state index in [1.165, 1.54) is 11.3 Å². The summed E-state index contributed by atoms with van der Waals surface area (Å²) >= 11 is 1.36. The van der Waals surface area contributed by atoms with Crippen LogP contribution in [0.5, 0.6) is 0 Å². The number of hydrogen-bond donors (Lipinski definition) is 2. The lowest BCUT2D eigenvalue weighted by Gasteiger charge is -2.00. The SMILES string of the molecule is CCc1ccc(C(=O)NOCC(=O)O)s1. The Morgan fingerprint density at radius 1 is 1.53 bits per heavy atom. The number of hydrogen-bond acceptors (Lipinski definition) is 4. The highest BCUT2D eigenvalue weighted by molar-refractivity contribution is 7.14. The van der Waals surface area contributed by atoms with Crippen LogP contribution in [0.2, 0.25) is 0 Å². The average Bonchev–Trinajstić information content (AvgIpc) is 2.65. The standard InChI is InChI=1S/C9H11NO4S/c1-2-6-3-4-7(15-6)9(13)10-14-5-8(11)12/h3-4H,2,5H2,1H3,(H,10,13)(H,11,12). The third-order valence-electron chi connectivity index (χ3n) is 1.59. The molecule has 82 valence electrons. The van der Waals surface area contributed by atoms with Gasteiger partial charge in [0.1, 0.15) is 0 Å². The molecule has 1 amide bonds. The van der Waals surface area contributed by atoms with E-state index < -0.39 is 18.5 Å². The molecule has 1 aromatic rings. The minimum absolute atomic E-state index is 0.416. The maximum Gasteiger partial charge on any atom is 0.332 e. The van der Waals surface area contributed by atoms with Crippen molar-refractivity contribution in [3.8, 4) is 0 Å². The molecule has 0 saturated carbocycles. The molecule has 0 aliphatic carbocycles. The van der Waals surface area contributed by atoms with Crippen molar-refractivity contribution in [3.63, 3.8) is 0 Å². The van der Waals surface area contributed by atoms with Crippen LogP contribution >= 0.6 is 11.3 Å². The lowest BCUT2D eigenvalue weighted by molar-refractivity contribution is -0.144. The molecule has 1 rings (SSSR count). The number of amides is 1. The zero-order valence-corrected chi connectivity index (χ0v) is 8.97. The highest BCUT2D eigenvalue weighted by Crippen LogP contribution is 2.16. The van der Waals surface area contributed by atoms with Gasteiger partial charge in [-0.1, -0.05) is 6.92 Å². The highest BCUT2D eigenvalue weighted by atomic mass is 32.1. The van der Waals surface area contributed by atoms with Crippen molar-refractivity contribution < 1.29 is 19.5 Å². The smallest absolute Gasteiger partial charge is 0.332 e. The molecule has 0 bridgehead atoms. The van der Waals surface area contributed by atoms with Gasteiger partial charge in [-0.25, -0.2) is 10.3 Å². The van der Waals surface area contributed by atoms with Crippen LogP contribution in [0.15, 0.2) is 12.1 Å². The Kier molecular flexibility index (Phi) is 4.26. The first-order chi connectivity index (χ1) is 7.13. The van der Waals surface area contributed by atoms with Gasteiger partial charge in [-0.05, 0) is 18.6 Å². The second-order valence-electron chi connectivity index (χ2n) is 2.73. The summed E-state index contributed by atoms with van der Waals surface area (Å²) < 4.78 is 0. The second-order valence-corrected chi connectivity index (χ2v) is 3.90. The molecule has 0 aliphatic heterocycles. The summed E-state index contributed by atoms with van der Waals surface area (Å²) in [6.45, 7) is 1.45. The van der Waals surface area contributed by atoms with Crippen LogP contribution in [0.4, 0.5) is 0 Å². The topological polar surface area (TPSA) is 75.6 Å². The Balaban J connectivity index is 2.43. The van der Waals surface area contributed by atoms with Crippen molar-refractivity contribution in [2.45, 2.75) is 13.3 Å². The van der Waals surface area contributed by atoms with Gasteiger partial charge in [-0.2, -0.15) is 0 Å². The van der Waals surface area contributed by atoms with E-state index in [1.54, 1.807) is 6.07 Å². The summed E-state index contributed by atoms with van der Waals surface area (Å²) in [5, 5.41) is 8.27. The quantitative estimate of drug-likeness (QED) is 0.740. The molecule has 5 nitrogen and oxygen atoms in total. The van der Waals surface area contributed by atoms with E-state index in [9.17, 15) is 9.59 Å². The molecule has 1 heterocycles. The summed E-state index contributed by atoms with van der Waals surface area (Å²) in [4.78, 5) is 27.5. The van der Waals surface area contributed by atoms with E-state index >= 15 is 0 Å². The lowest BCUT2D eigenvalue weighted by Crippen LogP contribution is -2.25. The summed E-state index contributed by atoms with van der Waals surface area (Å²) in [5.74, 6) is -1.54. The normalized spacial score (nSPS) is 9.93. The number of aryl methyl sites for hydroxylation is 1. The van der Waals surface area contributed by atoms with E-state index in [0.29, 0.717) is 4.88 Å². The summed E-state index contributed by atoms with van der Waals surface area (Å²) in [6, 6.07) is 3.54. The molecule has 0 atom stereocenters. The maximum atomic E-state index is 11.3. The number of carboxylic acids is 1. The van der Waals surface area contributed by atoms with Crippen LogP contribution in [0.25, 0.3) is 0 Å². The Morgan fingerprint density at radius 3 is 2.80 bits per heavy atom. The Morgan fingerprint density at radius 2 is 2.27 bits per heavy atom. The van der Waals surface area contributed by atoms with Crippen molar-refractivity contribution in [3.05, 3.63) is 21.9 Å². The third kappa shape index (κ3) is 3.69. The van der Waals surface area contributed by atoms with Gasteiger partial charge in [0, 0.05) is 4.88 Å². The molecule has 6 heteroatoms. The maximum absolute atomic E-state index is 11.3. The number of hydroxylamine groups is 1. The molecular weight excluding hydrogens is 218 g/mol. The van der Waals surface area contributed by atoms with Crippen LogP contribution in [-0.2, 0) is 16.1 Å². The van der Waals surface area contributed by atoms with Gasteiger partial charge in [-0.3, -0.25) is 9.63 Å².